The number of rotatable bonds is 6. The van der Waals surface area contributed by atoms with Crippen LogP contribution >= 0.6 is 0 Å². The highest BCUT2D eigenvalue weighted by Gasteiger charge is 2.30. The lowest BCUT2D eigenvalue weighted by molar-refractivity contribution is 0.425. The molecule has 0 aromatic heterocycles. The first kappa shape index (κ1) is 21.0. The summed E-state index contributed by atoms with van der Waals surface area (Å²) in [6, 6.07) is 19.1. The highest BCUT2D eigenvalue weighted by molar-refractivity contribution is 7.89. The Hall–Kier alpha value is -2.29. The molecule has 0 bridgehead atoms. The standard InChI is InChI=1S/C22H27NO2SSi/c1-6-10-22(20-11-8-7-9-12-20)23(17-18-27(3,4)5)26(24,25)21-15-13-19(2)14-16-21/h6-9,11-16,22H,1,10H2,2-5H3. The Morgan fingerprint density at radius 2 is 1.67 bits per heavy atom. The topological polar surface area (TPSA) is 37.4 Å². The molecule has 0 radical (unpaired) electrons. The van der Waals surface area contributed by atoms with E-state index in [-0.39, 0.29) is 4.90 Å². The first-order valence-corrected chi connectivity index (χ1v) is 13.9. The van der Waals surface area contributed by atoms with Crippen molar-refractivity contribution in [2.75, 3.05) is 0 Å². The predicted octanol–water partition coefficient (Wildman–Crippen LogP) is 5.14. The van der Waals surface area contributed by atoms with Crippen molar-refractivity contribution in [3.63, 3.8) is 0 Å². The van der Waals surface area contributed by atoms with E-state index < -0.39 is 24.1 Å². The molecule has 3 nitrogen and oxygen atoms in total. The van der Waals surface area contributed by atoms with Crippen LogP contribution in [0.3, 0.4) is 0 Å². The lowest BCUT2D eigenvalue weighted by atomic mass is 10.0. The Kier molecular flexibility index (Phi) is 6.69. The molecule has 1 unspecified atom stereocenters. The Bertz CT molecular complexity index is 934. The number of nitrogens with zero attached hydrogens (tertiary/aromatic N) is 1. The summed E-state index contributed by atoms with van der Waals surface area (Å²) in [5, 5.41) is 0. The fourth-order valence-corrected chi connectivity index (χ4v) is 4.51. The molecule has 0 aliphatic heterocycles. The average Bonchev–Trinajstić information content (AvgIpc) is 2.61. The molecule has 0 spiro atoms. The van der Waals surface area contributed by atoms with E-state index >= 15 is 0 Å². The van der Waals surface area contributed by atoms with E-state index in [0.29, 0.717) is 6.42 Å². The summed E-state index contributed by atoms with van der Waals surface area (Å²) in [6.07, 6.45) is 2.22. The van der Waals surface area contributed by atoms with Crippen LogP contribution in [0, 0.1) is 18.5 Å². The number of sulfonamides is 1. The zero-order valence-corrected chi connectivity index (χ0v) is 18.3. The molecule has 27 heavy (non-hydrogen) atoms. The highest BCUT2D eigenvalue weighted by Crippen LogP contribution is 2.30. The van der Waals surface area contributed by atoms with Gasteiger partial charge in [0.05, 0.1) is 10.9 Å². The van der Waals surface area contributed by atoms with Gasteiger partial charge in [-0.1, -0.05) is 73.7 Å². The number of hydrogen-bond acceptors (Lipinski definition) is 2. The summed E-state index contributed by atoms with van der Waals surface area (Å²) in [6.45, 7) is 12.1. The molecule has 0 saturated heterocycles. The normalized spacial score (nSPS) is 12.6. The summed E-state index contributed by atoms with van der Waals surface area (Å²) in [5.41, 5.74) is 5.13. The van der Waals surface area contributed by atoms with E-state index in [9.17, 15) is 8.42 Å². The Labute approximate surface area is 164 Å². The van der Waals surface area contributed by atoms with Gasteiger partial charge in [0.2, 0.25) is 0 Å². The largest absolute Gasteiger partial charge is 0.271 e. The molecular weight excluding hydrogens is 370 g/mol. The smallest absolute Gasteiger partial charge is 0.217 e. The molecule has 2 aromatic rings. The van der Waals surface area contributed by atoms with E-state index in [1.807, 2.05) is 49.4 Å². The predicted molar refractivity (Wildman–Crippen MR) is 115 cm³/mol. The van der Waals surface area contributed by atoms with Crippen LogP contribution in [0.4, 0.5) is 0 Å². The van der Waals surface area contributed by atoms with Gasteiger partial charge in [-0.2, -0.15) is 0 Å². The van der Waals surface area contributed by atoms with Crippen molar-refractivity contribution in [1.82, 2.24) is 4.31 Å². The number of hydrogen-bond donors (Lipinski definition) is 0. The van der Waals surface area contributed by atoms with E-state index in [4.69, 9.17) is 0 Å². The van der Waals surface area contributed by atoms with Crippen molar-refractivity contribution in [2.45, 2.75) is 43.9 Å². The fourth-order valence-electron chi connectivity index (χ4n) is 2.55. The number of aryl methyl sites for hydroxylation is 1. The molecule has 5 heteroatoms. The minimum Gasteiger partial charge on any atom is -0.217 e. The maximum Gasteiger partial charge on any atom is 0.271 e. The second kappa shape index (κ2) is 8.60. The third kappa shape index (κ3) is 5.59. The lowest BCUT2D eigenvalue weighted by Gasteiger charge is -2.28. The van der Waals surface area contributed by atoms with Gasteiger partial charge < -0.3 is 0 Å². The highest BCUT2D eigenvalue weighted by atomic mass is 32.2. The minimum atomic E-state index is -3.78. The van der Waals surface area contributed by atoms with Crippen LogP contribution in [-0.2, 0) is 10.0 Å². The van der Waals surface area contributed by atoms with Gasteiger partial charge in [-0.05, 0) is 31.0 Å². The summed E-state index contributed by atoms with van der Waals surface area (Å²) in [4.78, 5) is 0.253. The summed E-state index contributed by atoms with van der Waals surface area (Å²) >= 11 is 0. The quantitative estimate of drug-likeness (QED) is 0.293. The fraction of sp³-hybridized carbons (Fsp3) is 0.273. The summed E-state index contributed by atoms with van der Waals surface area (Å²) < 4.78 is 28.2. The molecule has 2 aromatic carbocycles. The first-order valence-electron chi connectivity index (χ1n) is 8.95. The van der Waals surface area contributed by atoms with Gasteiger partial charge in [0.1, 0.15) is 8.07 Å². The van der Waals surface area contributed by atoms with Crippen LogP contribution in [-0.4, -0.2) is 20.8 Å². The van der Waals surface area contributed by atoms with Gasteiger partial charge in [0.25, 0.3) is 10.0 Å². The van der Waals surface area contributed by atoms with Gasteiger partial charge in [-0.25, -0.2) is 12.7 Å². The zero-order valence-electron chi connectivity index (χ0n) is 16.4. The Morgan fingerprint density at radius 1 is 1.07 bits per heavy atom. The average molecular weight is 398 g/mol. The van der Waals surface area contributed by atoms with Gasteiger partial charge in [-0.15, -0.1) is 12.1 Å². The van der Waals surface area contributed by atoms with Crippen molar-refractivity contribution < 1.29 is 8.42 Å². The van der Waals surface area contributed by atoms with Crippen LogP contribution < -0.4 is 0 Å². The van der Waals surface area contributed by atoms with Gasteiger partial charge in [0, 0.05) is 6.04 Å². The van der Waals surface area contributed by atoms with Crippen LogP contribution in [0.1, 0.15) is 23.6 Å². The SMILES string of the molecule is C=CCC(c1ccccc1)N(C#C[Si](C)(C)C)S(=O)(=O)c1ccc(C)cc1. The van der Waals surface area contributed by atoms with Crippen LogP contribution in [0.15, 0.2) is 72.1 Å². The van der Waals surface area contributed by atoms with Gasteiger partial charge in [0.15, 0.2) is 0 Å². The van der Waals surface area contributed by atoms with Gasteiger partial charge >= 0.3 is 0 Å². The van der Waals surface area contributed by atoms with E-state index in [0.717, 1.165) is 11.1 Å². The van der Waals surface area contributed by atoms with Crippen molar-refractivity contribution in [1.29, 1.82) is 0 Å². The minimum absolute atomic E-state index is 0.253. The molecule has 0 N–H and O–H groups in total. The van der Waals surface area contributed by atoms with E-state index in [2.05, 4.69) is 37.8 Å². The molecular formula is C22H27NO2SSi. The monoisotopic (exact) mass is 397 g/mol. The zero-order chi connectivity index (χ0) is 20.1. The molecule has 0 amide bonds. The number of benzene rings is 2. The maximum absolute atomic E-state index is 13.5. The van der Waals surface area contributed by atoms with E-state index in [1.54, 1.807) is 18.2 Å². The molecule has 142 valence electrons. The van der Waals surface area contributed by atoms with Crippen LogP contribution in [0.5, 0.6) is 0 Å². The lowest BCUT2D eigenvalue weighted by Crippen LogP contribution is -2.32. The maximum atomic E-state index is 13.5. The van der Waals surface area contributed by atoms with Crippen molar-refractivity contribution >= 4 is 18.1 Å². The molecule has 0 aliphatic rings. The van der Waals surface area contributed by atoms with Crippen LogP contribution in [0.25, 0.3) is 0 Å². The third-order valence-corrected chi connectivity index (χ3v) is 6.57. The molecule has 0 aliphatic carbocycles. The van der Waals surface area contributed by atoms with Crippen LogP contribution in [0.2, 0.25) is 19.6 Å². The summed E-state index contributed by atoms with van der Waals surface area (Å²) in [7, 11) is -5.55. The molecule has 1 atom stereocenters. The Morgan fingerprint density at radius 3 is 2.19 bits per heavy atom. The Balaban J connectivity index is 2.63. The van der Waals surface area contributed by atoms with Crippen molar-refractivity contribution in [3.8, 4) is 11.6 Å². The third-order valence-electron chi connectivity index (χ3n) is 3.98. The molecule has 0 saturated carbocycles. The van der Waals surface area contributed by atoms with Crippen molar-refractivity contribution in [3.05, 3.63) is 78.4 Å². The van der Waals surface area contributed by atoms with Gasteiger partial charge in [-0.3, -0.25) is 0 Å². The molecule has 0 fully saturated rings. The molecule has 0 heterocycles. The van der Waals surface area contributed by atoms with Crippen molar-refractivity contribution in [2.24, 2.45) is 0 Å². The summed E-state index contributed by atoms with van der Waals surface area (Å²) in [5.74, 6) is 0. The first-order chi connectivity index (χ1) is 12.6. The molecule has 2 rings (SSSR count). The van der Waals surface area contributed by atoms with E-state index in [1.165, 1.54) is 4.31 Å². The second-order valence-corrected chi connectivity index (χ2v) is 14.1. The second-order valence-electron chi connectivity index (χ2n) is 7.55.